The normalized spacial score (nSPS) is 10.8. The van der Waals surface area contributed by atoms with Crippen LogP contribution < -0.4 is 10.2 Å². The van der Waals surface area contributed by atoms with Gasteiger partial charge in [-0.1, -0.05) is 24.3 Å². The summed E-state index contributed by atoms with van der Waals surface area (Å²) in [6, 6.07) is 15.9. The van der Waals surface area contributed by atoms with Gasteiger partial charge in [-0.15, -0.1) is 0 Å². The number of aromatic nitrogens is 4. The molecule has 4 rings (SSSR count). The van der Waals surface area contributed by atoms with Crippen LogP contribution in [0.4, 0.5) is 4.39 Å². The van der Waals surface area contributed by atoms with Crippen molar-refractivity contribution < 1.29 is 9.13 Å². The number of benzene rings is 2. The largest absolute Gasteiger partial charge is 0.491 e. The Morgan fingerprint density at radius 3 is 2.61 bits per heavy atom. The molecule has 0 N–H and O–H groups in total. The number of methoxy groups -OCH3 is 1. The molecule has 2 aromatic carbocycles. The van der Waals surface area contributed by atoms with Crippen LogP contribution in [0.5, 0.6) is 5.75 Å². The Balaban J connectivity index is 1.96. The molecule has 2 heterocycles. The van der Waals surface area contributed by atoms with E-state index in [1.54, 1.807) is 35.1 Å². The summed E-state index contributed by atoms with van der Waals surface area (Å²) in [5.74, 6) is -0.451. The highest BCUT2D eigenvalue weighted by Crippen LogP contribution is 2.24. The second-order valence-electron chi connectivity index (χ2n) is 5.86. The lowest BCUT2D eigenvalue weighted by atomic mass is 10.2. The monoisotopic (exact) mass is 440 g/mol. The molecule has 0 radical (unpaired) electrons. The molecule has 0 unspecified atom stereocenters. The highest BCUT2D eigenvalue weighted by atomic mass is 79.9. The summed E-state index contributed by atoms with van der Waals surface area (Å²) in [6.45, 7) is 0. The van der Waals surface area contributed by atoms with E-state index in [1.807, 2.05) is 30.3 Å². The zero-order valence-corrected chi connectivity index (χ0v) is 16.3. The van der Waals surface area contributed by atoms with E-state index in [2.05, 4.69) is 26.1 Å². The first kappa shape index (κ1) is 18.1. The highest BCUT2D eigenvalue weighted by Gasteiger charge is 2.19. The van der Waals surface area contributed by atoms with Crippen molar-refractivity contribution in [2.75, 3.05) is 7.11 Å². The van der Waals surface area contributed by atoms with Crippen LogP contribution in [0.15, 0.2) is 76.3 Å². The zero-order chi connectivity index (χ0) is 19.7. The van der Waals surface area contributed by atoms with Gasteiger partial charge in [0.1, 0.15) is 5.69 Å². The standard InChI is InChI=1S/C20H14BrFN4O2/c1-28-17-12-25(15-9-5-8-14(21)18(15)22)24-19(20(17)27)16-10-11-23-26(16)13-6-3-2-4-7-13/h2-12H,1H3. The third kappa shape index (κ3) is 3.11. The van der Waals surface area contributed by atoms with Crippen LogP contribution in [-0.4, -0.2) is 26.7 Å². The molecule has 2 aromatic heterocycles. The lowest BCUT2D eigenvalue weighted by Gasteiger charge is -2.12. The smallest absolute Gasteiger partial charge is 0.251 e. The first-order chi connectivity index (χ1) is 13.6. The number of nitrogens with zero attached hydrogens (tertiary/aromatic N) is 4. The summed E-state index contributed by atoms with van der Waals surface area (Å²) in [6.07, 6.45) is 2.94. The van der Waals surface area contributed by atoms with Crippen molar-refractivity contribution in [1.82, 2.24) is 19.6 Å². The van der Waals surface area contributed by atoms with Crippen LogP contribution in [0.3, 0.4) is 0 Å². The predicted octanol–water partition coefficient (Wildman–Crippen LogP) is 4.00. The Labute approximate surface area is 168 Å². The molecule has 0 aliphatic carbocycles. The summed E-state index contributed by atoms with van der Waals surface area (Å²) < 4.78 is 23.0. The van der Waals surface area contributed by atoms with E-state index in [0.29, 0.717) is 10.2 Å². The van der Waals surface area contributed by atoms with Crippen LogP contribution in [0.2, 0.25) is 0 Å². The van der Waals surface area contributed by atoms with Gasteiger partial charge in [0.15, 0.2) is 17.3 Å². The van der Waals surface area contributed by atoms with E-state index in [1.165, 1.54) is 18.0 Å². The average molecular weight is 441 g/mol. The fraction of sp³-hybridized carbons (Fsp3) is 0.0500. The van der Waals surface area contributed by atoms with Crippen LogP contribution in [0.1, 0.15) is 0 Å². The lowest BCUT2D eigenvalue weighted by Crippen LogP contribution is -2.18. The number of hydrogen-bond donors (Lipinski definition) is 0. The number of halogens is 2. The molecular weight excluding hydrogens is 427 g/mol. The molecule has 0 saturated heterocycles. The SMILES string of the molecule is COc1cn(-c2cccc(Br)c2F)nc(-c2ccnn2-c2ccccc2)c1=O. The van der Waals surface area contributed by atoms with Crippen molar-refractivity contribution in [1.29, 1.82) is 0 Å². The summed E-state index contributed by atoms with van der Waals surface area (Å²) in [5, 5.41) is 8.68. The quantitative estimate of drug-likeness (QED) is 0.481. The molecule has 6 nitrogen and oxygen atoms in total. The molecule has 0 saturated carbocycles. The van der Waals surface area contributed by atoms with Gasteiger partial charge in [0.05, 0.1) is 35.4 Å². The first-order valence-electron chi connectivity index (χ1n) is 8.32. The van der Waals surface area contributed by atoms with Crippen molar-refractivity contribution >= 4 is 15.9 Å². The van der Waals surface area contributed by atoms with Gasteiger partial charge in [-0.3, -0.25) is 4.79 Å². The molecule has 0 fully saturated rings. The minimum Gasteiger partial charge on any atom is -0.491 e. The lowest BCUT2D eigenvalue weighted by molar-refractivity contribution is 0.405. The third-order valence-corrected chi connectivity index (χ3v) is 4.78. The number of ether oxygens (including phenoxy) is 1. The van der Waals surface area contributed by atoms with Crippen molar-refractivity contribution in [3.63, 3.8) is 0 Å². The minimum absolute atomic E-state index is 0.0465. The topological polar surface area (TPSA) is 61.9 Å². The van der Waals surface area contributed by atoms with Crippen molar-refractivity contribution in [3.05, 3.63) is 87.5 Å². The van der Waals surface area contributed by atoms with E-state index >= 15 is 0 Å². The van der Waals surface area contributed by atoms with Crippen molar-refractivity contribution in [2.24, 2.45) is 0 Å². The fourth-order valence-corrected chi connectivity index (χ4v) is 3.19. The van der Waals surface area contributed by atoms with Gasteiger partial charge in [0.25, 0.3) is 5.43 Å². The summed E-state index contributed by atoms with van der Waals surface area (Å²) >= 11 is 3.17. The van der Waals surface area contributed by atoms with E-state index in [4.69, 9.17) is 4.74 Å². The zero-order valence-electron chi connectivity index (χ0n) is 14.7. The van der Waals surface area contributed by atoms with E-state index in [0.717, 1.165) is 5.69 Å². The van der Waals surface area contributed by atoms with E-state index < -0.39 is 11.2 Å². The number of hydrogen-bond acceptors (Lipinski definition) is 4. The van der Waals surface area contributed by atoms with Crippen LogP contribution in [0, 0.1) is 5.82 Å². The van der Waals surface area contributed by atoms with Gasteiger partial charge in [-0.05, 0) is 46.3 Å². The summed E-state index contributed by atoms with van der Waals surface area (Å²) in [7, 11) is 1.39. The molecule has 0 bridgehead atoms. The number of rotatable bonds is 4. The van der Waals surface area contributed by atoms with Crippen molar-refractivity contribution in [2.45, 2.75) is 0 Å². The predicted molar refractivity (Wildman–Crippen MR) is 107 cm³/mol. The minimum atomic E-state index is -0.497. The van der Waals surface area contributed by atoms with Crippen LogP contribution in [0.25, 0.3) is 22.8 Å². The third-order valence-electron chi connectivity index (χ3n) is 4.17. The molecule has 4 aromatic rings. The van der Waals surface area contributed by atoms with Crippen molar-refractivity contribution in [3.8, 4) is 28.5 Å². The van der Waals surface area contributed by atoms with Crippen LogP contribution >= 0.6 is 15.9 Å². The highest BCUT2D eigenvalue weighted by molar-refractivity contribution is 9.10. The molecule has 0 spiro atoms. The Bertz CT molecular complexity index is 1200. The van der Waals surface area contributed by atoms with Gasteiger partial charge < -0.3 is 4.74 Å². The molecule has 0 atom stereocenters. The Kier molecular flexibility index (Phi) is 4.79. The fourth-order valence-electron chi connectivity index (χ4n) is 2.83. The molecule has 0 amide bonds. The Hall–Kier alpha value is -3.26. The second-order valence-corrected chi connectivity index (χ2v) is 6.71. The molecule has 28 heavy (non-hydrogen) atoms. The van der Waals surface area contributed by atoms with Crippen LogP contribution in [-0.2, 0) is 0 Å². The molecule has 140 valence electrons. The summed E-state index contributed by atoms with van der Waals surface area (Å²) in [5.41, 5.74) is 1.11. The maximum absolute atomic E-state index is 14.6. The van der Waals surface area contributed by atoms with Gasteiger partial charge in [0.2, 0.25) is 0 Å². The molecule has 0 aliphatic rings. The Morgan fingerprint density at radius 2 is 1.86 bits per heavy atom. The van der Waals surface area contributed by atoms with Gasteiger partial charge in [0, 0.05) is 0 Å². The maximum Gasteiger partial charge on any atom is 0.251 e. The first-order valence-corrected chi connectivity index (χ1v) is 9.11. The van der Waals surface area contributed by atoms with Gasteiger partial charge in [-0.2, -0.15) is 10.2 Å². The summed E-state index contributed by atoms with van der Waals surface area (Å²) in [4.78, 5) is 12.9. The number of para-hydroxylation sites is 1. The Morgan fingerprint density at radius 1 is 1.07 bits per heavy atom. The van der Waals surface area contributed by atoms with Gasteiger partial charge >= 0.3 is 0 Å². The maximum atomic E-state index is 14.6. The average Bonchev–Trinajstić information content (AvgIpc) is 3.21. The van der Waals surface area contributed by atoms with E-state index in [-0.39, 0.29) is 17.1 Å². The van der Waals surface area contributed by atoms with Gasteiger partial charge in [-0.25, -0.2) is 13.8 Å². The second kappa shape index (κ2) is 7.40. The molecule has 0 aliphatic heterocycles. The molecule has 8 heteroatoms. The van der Waals surface area contributed by atoms with E-state index in [9.17, 15) is 9.18 Å². The molecular formula is C20H14BrFN4O2.